The van der Waals surface area contributed by atoms with Crippen LogP contribution < -0.4 is 11.1 Å². The molecule has 0 fully saturated rings. The predicted octanol–water partition coefficient (Wildman–Crippen LogP) is 3.26. The van der Waals surface area contributed by atoms with E-state index in [1.54, 1.807) is 12.3 Å². The van der Waals surface area contributed by atoms with E-state index in [0.29, 0.717) is 15.8 Å². The summed E-state index contributed by atoms with van der Waals surface area (Å²) in [6, 6.07) is 4.46. The van der Waals surface area contributed by atoms with Gasteiger partial charge in [0.15, 0.2) is 5.13 Å². The molecule has 0 aliphatic heterocycles. The van der Waals surface area contributed by atoms with Crippen molar-refractivity contribution >= 4 is 38.8 Å². The molecule has 3 nitrogen and oxygen atoms in total. The van der Waals surface area contributed by atoms with Crippen LogP contribution in [0.5, 0.6) is 0 Å². The van der Waals surface area contributed by atoms with Crippen molar-refractivity contribution in [1.29, 1.82) is 0 Å². The van der Waals surface area contributed by atoms with E-state index in [2.05, 4.69) is 10.3 Å². The van der Waals surface area contributed by atoms with E-state index in [9.17, 15) is 4.39 Å². The summed E-state index contributed by atoms with van der Waals surface area (Å²) in [7, 11) is 0. The molecular weight excluding hydrogens is 237 g/mol. The Morgan fingerprint density at radius 3 is 2.87 bits per heavy atom. The molecule has 0 aliphatic carbocycles. The standard InChI is InChI=1S/C9H7ClFN3S/c10-6-2-1-5(3-7(6)11)14-9-13-4-8(12)15-9/h1-4H,12H2,(H,13,14). The van der Waals surface area contributed by atoms with Gasteiger partial charge in [0.2, 0.25) is 0 Å². The summed E-state index contributed by atoms with van der Waals surface area (Å²) >= 11 is 6.84. The second-order valence-electron chi connectivity index (χ2n) is 2.82. The van der Waals surface area contributed by atoms with Crippen molar-refractivity contribution in [2.45, 2.75) is 0 Å². The van der Waals surface area contributed by atoms with Gasteiger partial charge in [-0.05, 0) is 18.2 Å². The van der Waals surface area contributed by atoms with Crippen LogP contribution in [0.1, 0.15) is 0 Å². The number of nitrogen functional groups attached to an aromatic ring is 1. The number of rotatable bonds is 2. The lowest BCUT2D eigenvalue weighted by Crippen LogP contribution is -1.89. The predicted molar refractivity (Wildman–Crippen MR) is 61.2 cm³/mol. The zero-order valence-electron chi connectivity index (χ0n) is 7.50. The fourth-order valence-electron chi connectivity index (χ4n) is 1.04. The Morgan fingerprint density at radius 2 is 2.27 bits per heavy atom. The molecule has 6 heteroatoms. The van der Waals surface area contributed by atoms with E-state index in [1.807, 2.05) is 0 Å². The molecular formula is C9H7ClFN3S. The van der Waals surface area contributed by atoms with Gasteiger partial charge in [0.25, 0.3) is 0 Å². The minimum atomic E-state index is -0.466. The number of anilines is 3. The Balaban J connectivity index is 2.21. The third-order valence-electron chi connectivity index (χ3n) is 1.69. The normalized spacial score (nSPS) is 10.3. The molecule has 78 valence electrons. The second-order valence-corrected chi connectivity index (χ2v) is 4.29. The van der Waals surface area contributed by atoms with Gasteiger partial charge in [0, 0.05) is 5.69 Å². The van der Waals surface area contributed by atoms with Crippen LogP contribution in [-0.4, -0.2) is 4.98 Å². The highest BCUT2D eigenvalue weighted by molar-refractivity contribution is 7.19. The molecule has 0 atom stereocenters. The Kier molecular flexibility index (Phi) is 2.75. The van der Waals surface area contributed by atoms with Crippen molar-refractivity contribution in [3.63, 3.8) is 0 Å². The molecule has 0 unspecified atom stereocenters. The van der Waals surface area contributed by atoms with Crippen LogP contribution in [0.4, 0.5) is 20.2 Å². The summed E-state index contributed by atoms with van der Waals surface area (Å²) in [4.78, 5) is 3.99. The first-order chi connectivity index (χ1) is 7.15. The summed E-state index contributed by atoms with van der Waals surface area (Å²) < 4.78 is 13.1. The second kappa shape index (κ2) is 4.04. The van der Waals surface area contributed by atoms with E-state index in [4.69, 9.17) is 17.3 Å². The lowest BCUT2D eigenvalue weighted by molar-refractivity contribution is 0.629. The maximum absolute atomic E-state index is 13.1. The molecule has 1 aromatic carbocycles. The number of hydrogen-bond acceptors (Lipinski definition) is 4. The molecule has 2 rings (SSSR count). The molecule has 3 N–H and O–H groups in total. The summed E-state index contributed by atoms with van der Waals surface area (Å²) in [6.45, 7) is 0. The van der Waals surface area contributed by atoms with Gasteiger partial charge in [-0.1, -0.05) is 22.9 Å². The van der Waals surface area contributed by atoms with Crippen LogP contribution in [0.2, 0.25) is 5.02 Å². The fourth-order valence-corrected chi connectivity index (χ4v) is 1.76. The zero-order valence-corrected chi connectivity index (χ0v) is 9.07. The number of halogens is 2. The van der Waals surface area contributed by atoms with Gasteiger partial charge in [0.05, 0.1) is 11.2 Å². The third-order valence-corrected chi connectivity index (χ3v) is 2.74. The van der Waals surface area contributed by atoms with E-state index in [0.717, 1.165) is 0 Å². The average Bonchev–Trinajstić information content (AvgIpc) is 2.58. The lowest BCUT2D eigenvalue weighted by Gasteiger charge is -2.02. The number of aromatic nitrogens is 1. The van der Waals surface area contributed by atoms with E-state index < -0.39 is 5.82 Å². The monoisotopic (exact) mass is 243 g/mol. The van der Waals surface area contributed by atoms with Gasteiger partial charge in [0.1, 0.15) is 10.8 Å². The first-order valence-electron chi connectivity index (χ1n) is 4.08. The van der Waals surface area contributed by atoms with Crippen molar-refractivity contribution in [2.24, 2.45) is 0 Å². The Bertz CT molecular complexity index is 486. The largest absolute Gasteiger partial charge is 0.389 e. The highest BCUT2D eigenvalue weighted by Crippen LogP contribution is 2.25. The first-order valence-corrected chi connectivity index (χ1v) is 5.28. The molecule has 0 bridgehead atoms. The summed E-state index contributed by atoms with van der Waals surface area (Å²) in [5, 5.41) is 4.24. The van der Waals surface area contributed by atoms with Crippen LogP contribution in [-0.2, 0) is 0 Å². The smallest absolute Gasteiger partial charge is 0.189 e. The lowest BCUT2D eigenvalue weighted by atomic mass is 10.3. The highest BCUT2D eigenvalue weighted by Gasteiger charge is 2.03. The number of nitrogens with two attached hydrogens (primary N) is 1. The fraction of sp³-hybridized carbons (Fsp3) is 0. The maximum atomic E-state index is 13.1. The van der Waals surface area contributed by atoms with Gasteiger partial charge in [-0.15, -0.1) is 0 Å². The van der Waals surface area contributed by atoms with Crippen molar-refractivity contribution < 1.29 is 4.39 Å². The van der Waals surface area contributed by atoms with Crippen molar-refractivity contribution in [1.82, 2.24) is 4.98 Å². The molecule has 0 radical (unpaired) electrons. The van der Waals surface area contributed by atoms with Crippen LogP contribution in [0, 0.1) is 5.82 Å². The number of nitrogens with one attached hydrogen (secondary N) is 1. The third kappa shape index (κ3) is 2.37. The van der Waals surface area contributed by atoms with Crippen molar-refractivity contribution in [3.05, 3.63) is 35.2 Å². The Hall–Kier alpha value is -1.33. The van der Waals surface area contributed by atoms with Crippen molar-refractivity contribution in [2.75, 3.05) is 11.1 Å². The minimum absolute atomic E-state index is 0.0965. The number of benzene rings is 1. The molecule has 1 heterocycles. The van der Waals surface area contributed by atoms with Gasteiger partial charge in [-0.3, -0.25) is 0 Å². The number of nitrogens with zero attached hydrogens (tertiary/aromatic N) is 1. The highest BCUT2D eigenvalue weighted by atomic mass is 35.5. The quantitative estimate of drug-likeness (QED) is 0.851. The number of hydrogen-bond donors (Lipinski definition) is 2. The average molecular weight is 244 g/mol. The van der Waals surface area contributed by atoms with Gasteiger partial charge < -0.3 is 11.1 Å². The van der Waals surface area contributed by atoms with E-state index in [1.165, 1.54) is 23.5 Å². The first kappa shape index (κ1) is 10.2. The summed E-state index contributed by atoms with van der Waals surface area (Å²) in [5.74, 6) is -0.466. The van der Waals surface area contributed by atoms with Crippen LogP contribution in [0.25, 0.3) is 0 Å². The van der Waals surface area contributed by atoms with Gasteiger partial charge in [-0.2, -0.15) is 0 Å². The van der Waals surface area contributed by atoms with Gasteiger partial charge >= 0.3 is 0 Å². The maximum Gasteiger partial charge on any atom is 0.189 e. The molecule has 1 aromatic heterocycles. The van der Waals surface area contributed by atoms with Crippen LogP contribution in [0.3, 0.4) is 0 Å². The molecule has 0 saturated heterocycles. The minimum Gasteiger partial charge on any atom is -0.389 e. The van der Waals surface area contributed by atoms with Crippen molar-refractivity contribution in [3.8, 4) is 0 Å². The molecule has 2 aromatic rings. The molecule has 0 amide bonds. The topological polar surface area (TPSA) is 50.9 Å². The van der Waals surface area contributed by atoms with Crippen LogP contribution in [0.15, 0.2) is 24.4 Å². The Morgan fingerprint density at radius 1 is 1.47 bits per heavy atom. The SMILES string of the molecule is Nc1cnc(Nc2ccc(Cl)c(F)c2)s1. The zero-order chi connectivity index (χ0) is 10.8. The van der Waals surface area contributed by atoms with E-state index in [-0.39, 0.29) is 5.02 Å². The van der Waals surface area contributed by atoms with Gasteiger partial charge in [-0.25, -0.2) is 9.37 Å². The summed E-state index contributed by atoms with van der Waals surface area (Å²) in [5.41, 5.74) is 6.10. The van der Waals surface area contributed by atoms with E-state index >= 15 is 0 Å². The molecule has 0 saturated carbocycles. The van der Waals surface area contributed by atoms with Crippen LogP contribution >= 0.6 is 22.9 Å². The molecule has 0 spiro atoms. The Labute approximate surface area is 94.7 Å². The molecule has 0 aliphatic rings. The molecule has 15 heavy (non-hydrogen) atoms. The summed E-state index contributed by atoms with van der Waals surface area (Å²) in [6.07, 6.45) is 1.54. The number of thiazole rings is 1.